The molecule has 1 aliphatic heterocycles. The molecule has 1 heterocycles. The molecule has 0 radical (unpaired) electrons. The Balaban J connectivity index is 1.82. The molecule has 1 fully saturated rings. The van der Waals surface area contributed by atoms with Crippen molar-refractivity contribution < 1.29 is 19.4 Å². The van der Waals surface area contributed by atoms with Gasteiger partial charge in [0.25, 0.3) is 0 Å². The van der Waals surface area contributed by atoms with E-state index < -0.39 is 5.60 Å². The van der Waals surface area contributed by atoms with Crippen LogP contribution in [0.3, 0.4) is 0 Å². The molecule has 0 bridgehead atoms. The summed E-state index contributed by atoms with van der Waals surface area (Å²) in [5, 5.41) is 9.26. The highest BCUT2D eigenvalue weighted by Crippen LogP contribution is 2.21. The van der Waals surface area contributed by atoms with Gasteiger partial charge in [-0.3, -0.25) is 4.79 Å². The van der Waals surface area contributed by atoms with Crippen molar-refractivity contribution in [3.05, 3.63) is 30.3 Å². The zero-order valence-electron chi connectivity index (χ0n) is 12.6. The normalized spacial score (nSPS) is 21.1. The van der Waals surface area contributed by atoms with Crippen LogP contribution in [0.15, 0.2) is 30.3 Å². The quantitative estimate of drug-likeness (QED) is 0.893. The lowest BCUT2D eigenvalue weighted by atomic mass is 10.0. The lowest BCUT2D eigenvalue weighted by Crippen LogP contribution is -2.55. The molecule has 0 aromatic heterocycles. The van der Waals surface area contributed by atoms with Gasteiger partial charge >= 0.3 is 0 Å². The Hall–Kier alpha value is -1.59. The fourth-order valence-electron chi connectivity index (χ4n) is 2.51. The summed E-state index contributed by atoms with van der Waals surface area (Å²) < 4.78 is 11.2. The molecule has 5 heteroatoms. The summed E-state index contributed by atoms with van der Waals surface area (Å²) >= 11 is 0. The van der Waals surface area contributed by atoms with Crippen molar-refractivity contribution in [3.8, 4) is 5.75 Å². The van der Waals surface area contributed by atoms with E-state index in [-0.39, 0.29) is 18.6 Å². The minimum absolute atomic E-state index is 0.0285. The number of aliphatic hydroxyl groups is 1. The predicted octanol–water partition coefficient (Wildman–Crippen LogP) is 1.45. The molecular formula is C16H23NO4. The Kier molecular flexibility index (Phi) is 5.20. The fraction of sp³-hybridized carbons (Fsp3) is 0.562. The number of hydrogen-bond acceptors (Lipinski definition) is 4. The van der Waals surface area contributed by atoms with Crippen LogP contribution in [0.25, 0.3) is 0 Å². The van der Waals surface area contributed by atoms with Crippen LogP contribution in [0.1, 0.15) is 20.3 Å². The third-order valence-corrected chi connectivity index (χ3v) is 3.37. The number of benzene rings is 1. The summed E-state index contributed by atoms with van der Waals surface area (Å²) in [6.07, 6.45) is 0.0103. The minimum Gasteiger partial charge on any atom is -0.493 e. The van der Waals surface area contributed by atoms with Gasteiger partial charge in [0.05, 0.1) is 31.3 Å². The number of hydrogen-bond donors (Lipinski definition) is 1. The van der Waals surface area contributed by atoms with Crippen molar-refractivity contribution in [1.29, 1.82) is 0 Å². The summed E-state index contributed by atoms with van der Waals surface area (Å²) in [6, 6.07) is 9.44. The molecule has 1 aromatic carbocycles. The lowest BCUT2D eigenvalue weighted by Gasteiger charge is -2.42. The fourth-order valence-corrected chi connectivity index (χ4v) is 2.51. The molecule has 0 aliphatic carbocycles. The van der Waals surface area contributed by atoms with Crippen molar-refractivity contribution in [3.63, 3.8) is 0 Å². The maximum absolute atomic E-state index is 12.2. The van der Waals surface area contributed by atoms with Crippen LogP contribution >= 0.6 is 0 Å². The van der Waals surface area contributed by atoms with Gasteiger partial charge in [-0.25, -0.2) is 0 Å². The number of carbonyl (C=O) groups is 1. The highest BCUT2D eigenvalue weighted by molar-refractivity contribution is 5.76. The third kappa shape index (κ3) is 4.72. The van der Waals surface area contributed by atoms with E-state index in [2.05, 4.69) is 0 Å². The van der Waals surface area contributed by atoms with Gasteiger partial charge in [0, 0.05) is 13.1 Å². The SMILES string of the molecule is CC1(C)CN(C(=O)CCOc2ccccc2)CC(CO)O1. The van der Waals surface area contributed by atoms with Gasteiger partial charge in [0.2, 0.25) is 5.91 Å². The van der Waals surface area contributed by atoms with Crippen LogP contribution in [0.4, 0.5) is 0 Å². The highest BCUT2D eigenvalue weighted by Gasteiger charge is 2.34. The van der Waals surface area contributed by atoms with E-state index in [1.54, 1.807) is 4.90 Å². The zero-order chi connectivity index (χ0) is 15.3. The van der Waals surface area contributed by atoms with E-state index in [1.807, 2.05) is 44.2 Å². The summed E-state index contributed by atoms with van der Waals surface area (Å²) in [5.74, 6) is 0.793. The Morgan fingerprint density at radius 1 is 1.43 bits per heavy atom. The molecule has 5 nitrogen and oxygen atoms in total. The van der Waals surface area contributed by atoms with Crippen molar-refractivity contribution in [2.45, 2.75) is 32.0 Å². The van der Waals surface area contributed by atoms with Crippen LogP contribution in [-0.2, 0) is 9.53 Å². The number of para-hydroxylation sites is 1. The number of ether oxygens (including phenoxy) is 2. The predicted molar refractivity (Wildman–Crippen MR) is 79.2 cm³/mol. The Labute approximate surface area is 125 Å². The van der Waals surface area contributed by atoms with Crippen molar-refractivity contribution in [2.75, 3.05) is 26.3 Å². The van der Waals surface area contributed by atoms with Crippen LogP contribution in [-0.4, -0.2) is 53.9 Å². The highest BCUT2D eigenvalue weighted by atomic mass is 16.5. The van der Waals surface area contributed by atoms with E-state index in [0.717, 1.165) is 5.75 Å². The number of carbonyl (C=O) groups excluding carboxylic acids is 1. The zero-order valence-corrected chi connectivity index (χ0v) is 12.6. The number of amides is 1. The Morgan fingerprint density at radius 2 is 2.14 bits per heavy atom. The summed E-state index contributed by atoms with van der Waals surface area (Å²) in [7, 11) is 0. The second kappa shape index (κ2) is 6.91. The molecule has 116 valence electrons. The maximum Gasteiger partial charge on any atom is 0.226 e. The summed E-state index contributed by atoms with van der Waals surface area (Å²) in [4.78, 5) is 14.0. The van der Waals surface area contributed by atoms with Gasteiger partial charge in [-0.05, 0) is 26.0 Å². The van der Waals surface area contributed by atoms with Crippen molar-refractivity contribution >= 4 is 5.91 Å². The Bertz CT molecular complexity index is 461. The average Bonchev–Trinajstić information content (AvgIpc) is 2.46. The van der Waals surface area contributed by atoms with Crippen LogP contribution in [0.5, 0.6) is 5.75 Å². The molecule has 1 aromatic rings. The average molecular weight is 293 g/mol. The molecule has 0 saturated carbocycles. The van der Waals surface area contributed by atoms with Gasteiger partial charge in [0.1, 0.15) is 5.75 Å². The molecule has 21 heavy (non-hydrogen) atoms. The molecule has 1 aliphatic rings. The lowest BCUT2D eigenvalue weighted by molar-refractivity contribution is -0.167. The van der Waals surface area contributed by atoms with Crippen LogP contribution in [0.2, 0.25) is 0 Å². The molecule has 1 saturated heterocycles. The van der Waals surface area contributed by atoms with E-state index in [9.17, 15) is 9.90 Å². The first-order chi connectivity index (χ1) is 10.00. The Morgan fingerprint density at radius 3 is 2.81 bits per heavy atom. The summed E-state index contributed by atoms with van der Waals surface area (Å²) in [6.45, 7) is 5.10. The topological polar surface area (TPSA) is 59.0 Å². The second-order valence-corrected chi connectivity index (χ2v) is 5.87. The first-order valence-corrected chi connectivity index (χ1v) is 7.24. The maximum atomic E-state index is 12.2. The van der Waals surface area contributed by atoms with Crippen molar-refractivity contribution in [1.82, 2.24) is 4.90 Å². The molecule has 0 spiro atoms. The van der Waals surface area contributed by atoms with Gasteiger partial charge in [-0.15, -0.1) is 0 Å². The largest absolute Gasteiger partial charge is 0.493 e. The van der Waals surface area contributed by atoms with Crippen molar-refractivity contribution in [2.24, 2.45) is 0 Å². The smallest absolute Gasteiger partial charge is 0.226 e. The molecule has 1 N–H and O–H groups in total. The molecule has 1 amide bonds. The van der Waals surface area contributed by atoms with Gasteiger partial charge in [0.15, 0.2) is 0 Å². The molecule has 1 unspecified atom stereocenters. The van der Waals surface area contributed by atoms with Crippen LogP contribution in [0, 0.1) is 0 Å². The van der Waals surface area contributed by atoms with E-state index >= 15 is 0 Å². The van der Waals surface area contributed by atoms with Gasteiger partial charge in [-0.1, -0.05) is 18.2 Å². The number of nitrogens with zero attached hydrogens (tertiary/aromatic N) is 1. The third-order valence-electron chi connectivity index (χ3n) is 3.37. The first-order valence-electron chi connectivity index (χ1n) is 7.24. The van der Waals surface area contributed by atoms with Gasteiger partial charge < -0.3 is 19.5 Å². The monoisotopic (exact) mass is 293 g/mol. The molecular weight excluding hydrogens is 270 g/mol. The standard InChI is InChI=1S/C16H23NO4/c1-16(2)12-17(10-14(11-18)21-16)15(19)8-9-20-13-6-4-3-5-7-13/h3-7,14,18H,8-12H2,1-2H3. The minimum atomic E-state index is -0.429. The summed E-state index contributed by atoms with van der Waals surface area (Å²) in [5.41, 5.74) is -0.429. The first kappa shape index (κ1) is 15.8. The van der Waals surface area contributed by atoms with E-state index in [1.165, 1.54) is 0 Å². The second-order valence-electron chi connectivity index (χ2n) is 5.87. The number of morpholine rings is 1. The van der Waals surface area contributed by atoms with E-state index in [4.69, 9.17) is 9.47 Å². The number of rotatable bonds is 5. The van der Waals surface area contributed by atoms with Gasteiger partial charge in [-0.2, -0.15) is 0 Å². The molecule has 2 rings (SSSR count). The molecule has 1 atom stereocenters. The number of aliphatic hydroxyl groups excluding tert-OH is 1. The van der Waals surface area contributed by atoms with E-state index in [0.29, 0.717) is 26.1 Å². The van der Waals surface area contributed by atoms with Crippen LogP contribution < -0.4 is 4.74 Å².